The number of aliphatic carboxylic acids is 1. The second kappa shape index (κ2) is 6.04. The quantitative estimate of drug-likeness (QED) is 0.625. The molecule has 0 saturated carbocycles. The molecule has 1 aliphatic carbocycles. The molecule has 0 saturated heterocycles. The highest BCUT2D eigenvalue weighted by Gasteiger charge is 2.55. The molecule has 7 nitrogen and oxygen atoms in total. The Kier molecular flexibility index (Phi) is 4.03. The number of likely N-dealkylation sites (N-methyl/N-ethyl adjacent to an activating group) is 1. The number of fused-ring (bicyclic) bond motifs is 1. The zero-order valence-corrected chi connectivity index (χ0v) is 13.7. The number of carbonyl (C=O) groups is 1. The van der Waals surface area contributed by atoms with Gasteiger partial charge in [0.05, 0.1) is 43.9 Å². The van der Waals surface area contributed by atoms with Gasteiger partial charge in [0.2, 0.25) is 0 Å². The first-order valence-corrected chi connectivity index (χ1v) is 7.98. The second-order valence-electron chi connectivity index (χ2n) is 6.55. The van der Waals surface area contributed by atoms with Crippen LogP contribution in [0.15, 0.2) is 47.4 Å². The number of carboxylic acid groups (broad SMARTS) is 1. The zero-order valence-electron chi connectivity index (χ0n) is 13.7. The summed E-state index contributed by atoms with van der Waals surface area (Å²) < 4.78 is 0. The number of allylic oxidation sites excluding steroid dienone is 1. The van der Waals surface area contributed by atoms with Crippen molar-refractivity contribution in [2.24, 2.45) is 17.1 Å². The van der Waals surface area contributed by atoms with Gasteiger partial charge in [-0.3, -0.25) is 0 Å². The fraction of sp³-hybridized carbons (Fsp3) is 0.333. The van der Waals surface area contributed by atoms with Crippen molar-refractivity contribution < 1.29 is 19.8 Å². The minimum absolute atomic E-state index is 0.195. The first-order valence-electron chi connectivity index (χ1n) is 7.98. The molecule has 3 unspecified atom stereocenters. The van der Waals surface area contributed by atoms with E-state index in [1.807, 2.05) is 25.3 Å². The lowest BCUT2D eigenvalue weighted by Gasteiger charge is -2.45. The predicted molar refractivity (Wildman–Crippen MR) is 83.8 cm³/mol. The number of carboxylic acids is 1. The Labute approximate surface area is 145 Å². The summed E-state index contributed by atoms with van der Waals surface area (Å²) in [6.45, 7) is 1.25. The Morgan fingerprint density at radius 3 is 2.60 bits per heavy atom. The van der Waals surface area contributed by atoms with Crippen molar-refractivity contribution in [1.29, 1.82) is 10.5 Å². The van der Waals surface area contributed by atoms with Crippen LogP contribution in [0.25, 0.3) is 0 Å². The Bertz CT molecular complexity index is 846. The maximum absolute atomic E-state index is 11.7. The van der Waals surface area contributed by atoms with Crippen molar-refractivity contribution in [1.82, 2.24) is 0 Å². The van der Waals surface area contributed by atoms with E-state index in [1.165, 1.54) is 4.90 Å². The van der Waals surface area contributed by atoms with Crippen LogP contribution in [0, 0.1) is 34.0 Å². The topological polar surface area (TPSA) is 132 Å². The Morgan fingerprint density at radius 1 is 1.40 bits per heavy atom. The number of aromatic nitrogens is 1. The molecule has 1 aromatic rings. The number of aromatic amines is 1. The van der Waals surface area contributed by atoms with Gasteiger partial charge in [0.25, 0.3) is 0 Å². The van der Waals surface area contributed by atoms with Crippen molar-refractivity contribution in [3.05, 3.63) is 53.0 Å². The number of nitrogens with zero attached hydrogens (tertiary/aromatic N) is 2. The Balaban J connectivity index is 2.35. The lowest BCUT2D eigenvalue weighted by Crippen LogP contribution is -3.10. The van der Waals surface area contributed by atoms with Gasteiger partial charge in [0.15, 0.2) is 17.8 Å². The number of hydrogen-bond acceptors (Lipinski definition) is 5. The van der Waals surface area contributed by atoms with Crippen LogP contribution in [0.2, 0.25) is 0 Å². The second-order valence-corrected chi connectivity index (χ2v) is 6.55. The monoisotopic (exact) mass is 336 g/mol. The standard InChI is InChI=1S/C18H17N5O2/c1-23-7-4-12-13(8-23)15(11-2-5-22-6-3-11)18(9-19,10-20)16(21)14(12)17(24)25/h2-6,13,15H,7-8,21H2,1H3,(H,24,25)/p+1. The highest BCUT2D eigenvalue weighted by molar-refractivity contribution is 5.93. The Hall–Kier alpha value is -3.16. The summed E-state index contributed by atoms with van der Waals surface area (Å²) in [5, 5.41) is 31.5. The molecule has 3 atom stereocenters. The molecule has 0 amide bonds. The van der Waals surface area contributed by atoms with E-state index < -0.39 is 17.3 Å². The molecule has 0 radical (unpaired) electrons. The predicted octanol–water partition coefficient (Wildman–Crippen LogP) is -2.33. The molecule has 7 heteroatoms. The summed E-state index contributed by atoms with van der Waals surface area (Å²) in [5.41, 5.74) is 5.28. The van der Waals surface area contributed by atoms with Gasteiger partial charge in [-0.05, 0) is 17.2 Å². The van der Waals surface area contributed by atoms with Crippen LogP contribution in [0.3, 0.4) is 0 Å². The first kappa shape index (κ1) is 16.7. The van der Waals surface area contributed by atoms with Crippen LogP contribution < -0.4 is 20.7 Å². The molecular weight excluding hydrogens is 318 g/mol. The summed E-state index contributed by atoms with van der Waals surface area (Å²) in [4.78, 5) is 15.8. The molecule has 1 aromatic heterocycles. The van der Waals surface area contributed by atoms with E-state index in [0.717, 1.165) is 5.56 Å². The van der Waals surface area contributed by atoms with Gasteiger partial charge in [-0.25, -0.2) is 4.98 Å². The number of hydrogen-bond donors (Lipinski definition) is 2. The van der Waals surface area contributed by atoms with E-state index in [-0.39, 0.29) is 17.2 Å². The minimum atomic E-state index is -1.75. The van der Waals surface area contributed by atoms with Crippen LogP contribution in [0.4, 0.5) is 0 Å². The van der Waals surface area contributed by atoms with Crippen LogP contribution in [0.1, 0.15) is 11.5 Å². The van der Waals surface area contributed by atoms with Crippen molar-refractivity contribution in [3.63, 3.8) is 0 Å². The summed E-state index contributed by atoms with van der Waals surface area (Å²) >= 11 is 0. The van der Waals surface area contributed by atoms with Crippen molar-refractivity contribution in [2.75, 3.05) is 20.1 Å². The van der Waals surface area contributed by atoms with Gasteiger partial charge in [0.1, 0.15) is 0 Å². The Morgan fingerprint density at radius 2 is 2.04 bits per heavy atom. The number of nitrogens with one attached hydrogen (secondary N) is 2. The summed E-state index contributed by atoms with van der Waals surface area (Å²) in [7, 11) is 1.99. The molecule has 3 rings (SSSR count). The number of nitriles is 2. The van der Waals surface area contributed by atoms with E-state index in [4.69, 9.17) is 5.73 Å². The lowest BCUT2D eigenvalue weighted by atomic mass is 9.58. The maximum Gasteiger partial charge on any atom is 0.190 e. The molecule has 2 heterocycles. The van der Waals surface area contributed by atoms with E-state index in [0.29, 0.717) is 18.7 Å². The minimum Gasteiger partial charge on any atom is -0.545 e. The fourth-order valence-corrected chi connectivity index (χ4v) is 4.01. The molecule has 4 N–H and O–H groups in total. The van der Waals surface area contributed by atoms with Gasteiger partial charge in [0, 0.05) is 29.5 Å². The van der Waals surface area contributed by atoms with Crippen LogP contribution in [-0.2, 0) is 4.79 Å². The van der Waals surface area contributed by atoms with Gasteiger partial charge >= 0.3 is 0 Å². The van der Waals surface area contributed by atoms with E-state index in [2.05, 4.69) is 4.98 Å². The first-order chi connectivity index (χ1) is 12.0. The number of carbonyl (C=O) groups excluding carboxylic acids is 1. The average Bonchev–Trinajstić information content (AvgIpc) is 2.61. The van der Waals surface area contributed by atoms with Crippen LogP contribution >= 0.6 is 0 Å². The number of nitrogens with two attached hydrogens (primary N) is 1. The highest BCUT2D eigenvalue weighted by Crippen LogP contribution is 2.52. The normalized spacial score (nSPS) is 27.5. The SMILES string of the molecule is C[NH+]1CC=C2C(C(=O)[O-])=C(N)C(C#N)(C#N)C(c3cc[nH+]cc3)C2C1. The third-order valence-electron chi connectivity index (χ3n) is 5.15. The largest absolute Gasteiger partial charge is 0.545 e. The van der Waals surface area contributed by atoms with E-state index >= 15 is 0 Å². The van der Waals surface area contributed by atoms with Gasteiger partial charge in [-0.1, -0.05) is 0 Å². The van der Waals surface area contributed by atoms with Gasteiger partial charge in [-0.15, -0.1) is 0 Å². The molecule has 0 spiro atoms. The number of pyridine rings is 1. The van der Waals surface area contributed by atoms with Gasteiger partial charge < -0.3 is 20.5 Å². The van der Waals surface area contributed by atoms with Crippen LogP contribution in [0.5, 0.6) is 0 Å². The van der Waals surface area contributed by atoms with Crippen molar-refractivity contribution >= 4 is 5.97 Å². The summed E-state index contributed by atoms with van der Waals surface area (Å²) in [6, 6.07) is 7.63. The van der Waals surface area contributed by atoms with E-state index in [1.54, 1.807) is 24.5 Å². The van der Waals surface area contributed by atoms with E-state index in [9.17, 15) is 20.4 Å². The third kappa shape index (κ3) is 2.37. The zero-order chi connectivity index (χ0) is 18.2. The number of rotatable bonds is 2. The molecule has 0 aromatic carbocycles. The molecular formula is C18H18N5O2+. The summed E-state index contributed by atoms with van der Waals surface area (Å²) in [6.07, 6.45) is 5.26. The van der Waals surface area contributed by atoms with Crippen molar-refractivity contribution in [3.8, 4) is 12.1 Å². The molecule has 0 bridgehead atoms. The van der Waals surface area contributed by atoms with Gasteiger partial charge in [-0.2, -0.15) is 10.5 Å². The number of quaternary nitrogens is 1. The van der Waals surface area contributed by atoms with Crippen molar-refractivity contribution in [2.45, 2.75) is 5.92 Å². The third-order valence-corrected chi connectivity index (χ3v) is 5.15. The average molecular weight is 336 g/mol. The smallest absolute Gasteiger partial charge is 0.190 e. The maximum atomic E-state index is 11.7. The fourth-order valence-electron chi connectivity index (χ4n) is 4.01. The molecule has 25 heavy (non-hydrogen) atoms. The lowest BCUT2D eigenvalue weighted by molar-refractivity contribution is -0.878. The molecule has 2 aliphatic rings. The number of H-pyrrole nitrogens is 1. The molecule has 1 aliphatic heterocycles. The molecule has 126 valence electrons. The molecule has 0 fully saturated rings. The summed E-state index contributed by atoms with van der Waals surface area (Å²) in [5.74, 6) is -2.31. The highest BCUT2D eigenvalue weighted by atomic mass is 16.4. The van der Waals surface area contributed by atoms with Crippen LogP contribution in [-0.4, -0.2) is 26.1 Å².